The highest BCUT2D eigenvalue weighted by atomic mass is 127. The number of methoxy groups -OCH3 is 1. The lowest BCUT2D eigenvalue weighted by atomic mass is 10.2. The minimum Gasteiger partial charge on any atom is -0.475 e. The minimum absolute atomic E-state index is 0.140. The molecule has 3 aromatic rings. The fraction of sp³-hybridized carbons (Fsp3) is 0.200. The van der Waals surface area contributed by atoms with Gasteiger partial charge >= 0.3 is 0 Å². The molecule has 140 valence electrons. The monoisotopic (exact) mass is 477 g/mol. The average Bonchev–Trinajstić information content (AvgIpc) is 3.17. The smallest absolute Gasteiger partial charge is 0.268 e. The van der Waals surface area contributed by atoms with Crippen molar-refractivity contribution >= 4 is 28.5 Å². The summed E-state index contributed by atoms with van der Waals surface area (Å²) < 4.78 is 13.4. The first kappa shape index (κ1) is 19.4. The van der Waals surface area contributed by atoms with E-state index in [-0.39, 0.29) is 5.91 Å². The zero-order valence-corrected chi connectivity index (χ0v) is 17.0. The van der Waals surface area contributed by atoms with Gasteiger partial charge in [0.15, 0.2) is 0 Å². The Bertz CT molecular complexity index is 893. The van der Waals surface area contributed by atoms with E-state index in [4.69, 9.17) is 9.47 Å². The van der Waals surface area contributed by atoms with E-state index < -0.39 is 0 Å². The Labute approximate surface area is 171 Å². The molecule has 0 unspecified atom stereocenters. The first-order valence-electron chi connectivity index (χ1n) is 8.45. The van der Waals surface area contributed by atoms with E-state index in [0.29, 0.717) is 31.3 Å². The van der Waals surface area contributed by atoms with Crippen molar-refractivity contribution in [2.24, 2.45) is 0 Å². The van der Waals surface area contributed by atoms with Gasteiger partial charge < -0.3 is 19.4 Å². The number of benzene rings is 1. The number of nitrogens with zero attached hydrogens (tertiary/aromatic N) is 2. The molecule has 2 aromatic heterocycles. The molecule has 0 atom stereocenters. The highest BCUT2D eigenvalue weighted by molar-refractivity contribution is 14.1. The lowest BCUT2D eigenvalue weighted by Crippen LogP contribution is -2.25. The number of hydrogen-bond donors (Lipinski definition) is 1. The van der Waals surface area contributed by atoms with Crippen LogP contribution in [0, 0.1) is 3.57 Å². The molecule has 0 bridgehead atoms. The summed E-state index contributed by atoms with van der Waals surface area (Å²) in [6, 6.07) is 15.3. The Morgan fingerprint density at radius 1 is 1.19 bits per heavy atom. The molecule has 2 heterocycles. The number of aromatic nitrogens is 2. The predicted molar refractivity (Wildman–Crippen MR) is 111 cm³/mol. The average molecular weight is 477 g/mol. The number of hydrogen-bond acceptors (Lipinski definition) is 4. The molecule has 0 saturated carbocycles. The molecule has 0 aliphatic carbocycles. The van der Waals surface area contributed by atoms with Crippen LogP contribution in [0.3, 0.4) is 0 Å². The highest BCUT2D eigenvalue weighted by Crippen LogP contribution is 2.16. The van der Waals surface area contributed by atoms with E-state index in [0.717, 1.165) is 14.8 Å². The summed E-state index contributed by atoms with van der Waals surface area (Å²) in [4.78, 5) is 16.8. The van der Waals surface area contributed by atoms with Crippen LogP contribution in [-0.2, 0) is 11.3 Å². The first-order chi connectivity index (χ1) is 13.2. The Balaban J connectivity index is 1.61. The van der Waals surface area contributed by atoms with Crippen molar-refractivity contribution in [3.8, 4) is 11.6 Å². The molecule has 6 nitrogen and oxygen atoms in total. The zero-order chi connectivity index (χ0) is 19.1. The van der Waals surface area contributed by atoms with E-state index in [9.17, 15) is 4.79 Å². The number of ether oxygens (including phenoxy) is 2. The molecular formula is C20H20IN3O3. The molecule has 0 saturated heterocycles. The van der Waals surface area contributed by atoms with Crippen LogP contribution in [0.1, 0.15) is 16.1 Å². The van der Waals surface area contributed by atoms with E-state index in [1.165, 1.54) is 0 Å². The van der Waals surface area contributed by atoms with Crippen molar-refractivity contribution in [1.82, 2.24) is 14.9 Å². The highest BCUT2D eigenvalue weighted by Gasteiger charge is 2.12. The van der Waals surface area contributed by atoms with Gasteiger partial charge in [-0.1, -0.05) is 12.1 Å². The zero-order valence-electron chi connectivity index (χ0n) is 14.9. The molecule has 1 amide bonds. The summed E-state index contributed by atoms with van der Waals surface area (Å²) in [5, 5.41) is 2.94. The lowest BCUT2D eigenvalue weighted by Gasteiger charge is -2.11. The van der Waals surface area contributed by atoms with E-state index in [1.54, 1.807) is 25.4 Å². The fourth-order valence-electron chi connectivity index (χ4n) is 2.52. The first-order valence-corrected chi connectivity index (χ1v) is 9.53. The number of halogens is 1. The Kier molecular flexibility index (Phi) is 6.83. The number of pyridine rings is 1. The van der Waals surface area contributed by atoms with Crippen LogP contribution in [0.5, 0.6) is 5.88 Å². The second kappa shape index (κ2) is 9.52. The van der Waals surface area contributed by atoms with Crippen LogP contribution in [0.15, 0.2) is 60.9 Å². The van der Waals surface area contributed by atoms with Crippen molar-refractivity contribution in [3.63, 3.8) is 0 Å². The maximum Gasteiger partial charge on any atom is 0.268 e. The van der Waals surface area contributed by atoms with Gasteiger partial charge in [-0.15, -0.1) is 0 Å². The van der Waals surface area contributed by atoms with Crippen LogP contribution in [0.25, 0.3) is 5.69 Å². The van der Waals surface area contributed by atoms with Crippen LogP contribution >= 0.6 is 22.6 Å². The van der Waals surface area contributed by atoms with Gasteiger partial charge in [0.1, 0.15) is 12.3 Å². The molecule has 1 aromatic carbocycles. The summed E-state index contributed by atoms with van der Waals surface area (Å²) in [6.07, 6.45) is 3.58. The SMILES string of the molecule is COCCOc1ccc(CNC(=O)c2cccn2-c2cccc(I)c2)cn1. The molecule has 0 spiro atoms. The molecule has 7 heteroatoms. The third-order valence-corrected chi connectivity index (χ3v) is 4.53. The summed E-state index contributed by atoms with van der Waals surface area (Å²) in [5.41, 5.74) is 2.44. The maximum atomic E-state index is 12.6. The lowest BCUT2D eigenvalue weighted by molar-refractivity contribution is 0.0944. The van der Waals surface area contributed by atoms with Gasteiger partial charge in [0.2, 0.25) is 5.88 Å². The summed E-state index contributed by atoms with van der Waals surface area (Å²) >= 11 is 2.26. The predicted octanol–water partition coefficient (Wildman–Crippen LogP) is 3.43. The van der Waals surface area contributed by atoms with Crippen molar-refractivity contribution in [1.29, 1.82) is 0 Å². The second-order valence-electron chi connectivity index (χ2n) is 5.77. The number of rotatable bonds is 8. The Morgan fingerprint density at radius 3 is 2.81 bits per heavy atom. The van der Waals surface area contributed by atoms with E-state index in [1.807, 2.05) is 47.2 Å². The van der Waals surface area contributed by atoms with Crippen molar-refractivity contribution in [3.05, 3.63) is 75.8 Å². The molecule has 0 fully saturated rings. The molecule has 3 rings (SSSR count). The minimum atomic E-state index is -0.140. The van der Waals surface area contributed by atoms with Gasteiger partial charge in [0.25, 0.3) is 5.91 Å². The summed E-state index contributed by atoms with van der Waals surface area (Å²) in [7, 11) is 1.62. The standard InChI is InChI=1S/C20H20IN3O3/c1-26-10-11-27-19-8-7-15(13-22-19)14-23-20(25)18-6-3-9-24(18)17-5-2-4-16(21)12-17/h2-9,12-13H,10-11,14H2,1H3,(H,23,25). The number of carbonyl (C=O) groups excluding carboxylic acids is 1. The molecule has 27 heavy (non-hydrogen) atoms. The van der Waals surface area contributed by atoms with Gasteiger partial charge in [-0.25, -0.2) is 4.98 Å². The summed E-state index contributed by atoms with van der Waals surface area (Å²) in [6.45, 7) is 1.36. The van der Waals surface area contributed by atoms with E-state index in [2.05, 4.69) is 32.9 Å². The van der Waals surface area contributed by atoms with Gasteiger partial charge in [-0.05, 0) is 58.5 Å². The third-order valence-electron chi connectivity index (χ3n) is 3.86. The molecular weight excluding hydrogens is 457 g/mol. The van der Waals surface area contributed by atoms with Crippen LogP contribution in [-0.4, -0.2) is 35.8 Å². The Morgan fingerprint density at radius 2 is 2.07 bits per heavy atom. The maximum absolute atomic E-state index is 12.6. The Hall–Kier alpha value is -2.39. The number of nitrogens with one attached hydrogen (secondary N) is 1. The van der Waals surface area contributed by atoms with Gasteiger partial charge in [-0.2, -0.15) is 0 Å². The largest absolute Gasteiger partial charge is 0.475 e. The van der Waals surface area contributed by atoms with Crippen LogP contribution in [0.2, 0.25) is 0 Å². The normalized spacial score (nSPS) is 10.6. The summed E-state index contributed by atoms with van der Waals surface area (Å²) in [5.74, 6) is 0.397. The van der Waals surface area contributed by atoms with Crippen molar-refractivity contribution in [2.45, 2.75) is 6.54 Å². The quantitative estimate of drug-likeness (QED) is 0.399. The molecule has 1 N–H and O–H groups in total. The topological polar surface area (TPSA) is 65.4 Å². The second-order valence-corrected chi connectivity index (χ2v) is 7.02. The number of amides is 1. The van der Waals surface area contributed by atoms with Crippen molar-refractivity contribution < 1.29 is 14.3 Å². The number of carbonyl (C=O) groups is 1. The fourth-order valence-corrected chi connectivity index (χ4v) is 3.05. The van der Waals surface area contributed by atoms with Gasteiger partial charge in [-0.3, -0.25) is 4.79 Å². The van der Waals surface area contributed by atoms with E-state index >= 15 is 0 Å². The third kappa shape index (κ3) is 5.30. The van der Waals surface area contributed by atoms with Crippen LogP contribution in [0.4, 0.5) is 0 Å². The molecule has 0 aliphatic heterocycles. The van der Waals surface area contributed by atoms with Crippen molar-refractivity contribution in [2.75, 3.05) is 20.3 Å². The van der Waals surface area contributed by atoms with Gasteiger partial charge in [0.05, 0.1) is 6.61 Å². The molecule has 0 radical (unpaired) electrons. The van der Waals surface area contributed by atoms with Crippen LogP contribution < -0.4 is 10.1 Å². The van der Waals surface area contributed by atoms with Gasteiger partial charge in [0, 0.05) is 41.4 Å². The molecule has 0 aliphatic rings.